The number of rotatable bonds is 1. The van der Waals surface area contributed by atoms with Crippen molar-refractivity contribution in [2.24, 2.45) is 10.8 Å². The summed E-state index contributed by atoms with van der Waals surface area (Å²) in [5.41, 5.74) is 0.435. The zero-order chi connectivity index (χ0) is 17.7. The Morgan fingerprint density at radius 3 is 2.33 bits per heavy atom. The Morgan fingerprint density at radius 2 is 1.71 bits per heavy atom. The third-order valence-electron chi connectivity index (χ3n) is 6.41. The Balaban J connectivity index is 1.67. The van der Waals surface area contributed by atoms with E-state index in [1.54, 1.807) is 4.90 Å². The van der Waals surface area contributed by atoms with Gasteiger partial charge in [-0.05, 0) is 63.1 Å². The minimum absolute atomic E-state index is 0.175. The van der Waals surface area contributed by atoms with Crippen molar-refractivity contribution < 1.29 is 9.59 Å². The number of likely N-dealkylation sites (N-methyl/N-ethyl adjacent to an activating group) is 1. The third kappa shape index (κ3) is 3.32. The van der Waals surface area contributed by atoms with Crippen LogP contribution < -0.4 is 0 Å². The predicted octanol–water partition coefficient (Wildman–Crippen LogP) is 1.97. The monoisotopic (exact) mass is 335 g/mol. The maximum atomic E-state index is 12.9. The van der Waals surface area contributed by atoms with Gasteiger partial charge in [-0.1, -0.05) is 20.8 Å². The molecular formula is C19H33N3O2. The van der Waals surface area contributed by atoms with E-state index < -0.39 is 0 Å². The van der Waals surface area contributed by atoms with E-state index in [-0.39, 0.29) is 34.7 Å². The Labute approximate surface area is 146 Å². The second-order valence-electron chi connectivity index (χ2n) is 9.60. The summed E-state index contributed by atoms with van der Waals surface area (Å²) >= 11 is 0. The quantitative estimate of drug-likeness (QED) is 0.688. The van der Waals surface area contributed by atoms with Crippen LogP contribution in [0.5, 0.6) is 0 Å². The molecule has 1 aliphatic carbocycles. The first-order valence-corrected chi connectivity index (χ1v) is 9.37. The highest BCUT2D eigenvalue weighted by Gasteiger charge is 2.52. The summed E-state index contributed by atoms with van der Waals surface area (Å²) in [4.78, 5) is 31.6. The van der Waals surface area contributed by atoms with E-state index in [1.807, 2.05) is 11.9 Å². The van der Waals surface area contributed by atoms with E-state index >= 15 is 0 Å². The Hall–Kier alpha value is -1.10. The minimum atomic E-state index is -0.307. The lowest BCUT2D eigenvalue weighted by Crippen LogP contribution is -2.51. The van der Waals surface area contributed by atoms with E-state index in [2.05, 4.69) is 32.7 Å². The fourth-order valence-corrected chi connectivity index (χ4v) is 5.52. The average molecular weight is 335 g/mol. The SMILES string of the molecule is CN1CCC(N(C)C(=O)C(=O)N2CC3(C)CC2CC(C)(C)C3)CC1. The first kappa shape index (κ1) is 17.7. The summed E-state index contributed by atoms with van der Waals surface area (Å²) in [6.45, 7) is 9.59. The van der Waals surface area contributed by atoms with Crippen molar-refractivity contribution >= 4 is 11.8 Å². The standard InChI is InChI=1S/C19H33N3O2/c1-18(2)10-15-11-19(3,12-18)13-22(15)17(24)16(23)21(5)14-6-8-20(4)9-7-14/h14-15H,6-13H2,1-5H3. The largest absolute Gasteiger partial charge is 0.334 e. The second-order valence-corrected chi connectivity index (χ2v) is 9.60. The van der Waals surface area contributed by atoms with Gasteiger partial charge in [0.1, 0.15) is 0 Å². The molecule has 0 aromatic heterocycles. The smallest absolute Gasteiger partial charge is 0.312 e. The number of nitrogens with zero attached hydrogens (tertiary/aromatic N) is 3. The van der Waals surface area contributed by atoms with Crippen molar-refractivity contribution in [2.45, 2.75) is 65.0 Å². The maximum Gasteiger partial charge on any atom is 0.312 e. The van der Waals surface area contributed by atoms with Crippen molar-refractivity contribution in [3.05, 3.63) is 0 Å². The summed E-state index contributed by atoms with van der Waals surface area (Å²) < 4.78 is 0. The van der Waals surface area contributed by atoms with Crippen molar-refractivity contribution in [3.8, 4) is 0 Å². The lowest BCUT2D eigenvalue weighted by atomic mass is 9.65. The molecule has 2 atom stereocenters. The molecule has 0 N–H and O–H groups in total. The fourth-order valence-electron chi connectivity index (χ4n) is 5.52. The second kappa shape index (κ2) is 6.01. The summed E-state index contributed by atoms with van der Waals surface area (Å²) in [5, 5.41) is 0. The van der Waals surface area contributed by atoms with Crippen LogP contribution in [0.15, 0.2) is 0 Å². The van der Waals surface area contributed by atoms with Gasteiger partial charge in [-0.25, -0.2) is 0 Å². The molecule has 0 spiro atoms. The van der Waals surface area contributed by atoms with Gasteiger partial charge < -0.3 is 14.7 Å². The molecule has 2 amide bonds. The van der Waals surface area contributed by atoms with Crippen molar-refractivity contribution in [1.82, 2.24) is 14.7 Å². The van der Waals surface area contributed by atoms with Crippen molar-refractivity contribution in [3.63, 3.8) is 0 Å². The lowest BCUT2D eigenvalue weighted by Gasteiger charge is -2.39. The highest BCUT2D eigenvalue weighted by atomic mass is 16.2. The summed E-state index contributed by atoms with van der Waals surface area (Å²) in [5.74, 6) is -0.582. The van der Waals surface area contributed by atoms with E-state index in [0.717, 1.165) is 51.7 Å². The average Bonchev–Trinajstić information content (AvgIpc) is 2.74. The van der Waals surface area contributed by atoms with E-state index in [0.29, 0.717) is 0 Å². The minimum Gasteiger partial charge on any atom is -0.334 e. The molecule has 2 saturated heterocycles. The molecule has 2 aliphatic heterocycles. The molecule has 24 heavy (non-hydrogen) atoms. The number of carbonyl (C=O) groups is 2. The normalized spacial score (nSPS) is 33.5. The third-order valence-corrected chi connectivity index (χ3v) is 6.41. The molecule has 1 saturated carbocycles. The van der Waals surface area contributed by atoms with Crippen LogP contribution in [0.25, 0.3) is 0 Å². The zero-order valence-corrected chi connectivity index (χ0v) is 16.0. The van der Waals surface area contributed by atoms with Gasteiger partial charge in [0.25, 0.3) is 0 Å². The van der Waals surface area contributed by atoms with E-state index in [9.17, 15) is 9.59 Å². The van der Waals surface area contributed by atoms with Crippen LogP contribution in [-0.4, -0.2) is 72.3 Å². The molecule has 5 heteroatoms. The number of hydrogen-bond acceptors (Lipinski definition) is 3. The molecule has 0 aromatic carbocycles. The number of carbonyl (C=O) groups excluding carboxylic acids is 2. The van der Waals surface area contributed by atoms with E-state index in [4.69, 9.17) is 0 Å². The summed E-state index contributed by atoms with van der Waals surface area (Å²) in [7, 11) is 3.92. The van der Waals surface area contributed by atoms with Crippen LogP contribution in [0, 0.1) is 10.8 Å². The molecular weight excluding hydrogens is 302 g/mol. The van der Waals surface area contributed by atoms with Gasteiger partial charge in [-0.15, -0.1) is 0 Å². The topological polar surface area (TPSA) is 43.9 Å². The maximum absolute atomic E-state index is 12.9. The molecule has 2 bridgehead atoms. The number of likely N-dealkylation sites (tertiary alicyclic amines) is 2. The highest BCUT2D eigenvalue weighted by molar-refractivity contribution is 6.35. The zero-order valence-electron chi connectivity index (χ0n) is 16.0. The molecule has 0 radical (unpaired) electrons. The first-order valence-electron chi connectivity index (χ1n) is 9.37. The molecule has 3 aliphatic rings. The van der Waals surface area contributed by atoms with Gasteiger partial charge in [-0.2, -0.15) is 0 Å². The molecule has 3 rings (SSSR count). The highest BCUT2D eigenvalue weighted by Crippen LogP contribution is 2.52. The lowest BCUT2D eigenvalue weighted by molar-refractivity contribution is -0.153. The van der Waals surface area contributed by atoms with Crippen LogP contribution in [0.3, 0.4) is 0 Å². The van der Waals surface area contributed by atoms with Crippen LogP contribution in [-0.2, 0) is 9.59 Å². The van der Waals surface area contributed by atoms with Gasteiger partial charge in [0.15, 0.2) is 0 Å². The Kier molecular flexibility index (Phi) is 4.44. The summed E-state index contributed by atoms with van der Waals surface area (Å²) in [6.07, 6.45) is 5.12. The van der Waals surface area contributed by atoms with Crippen LogP contribution in [0.4, 0.5) is 0 Å². The van der Waals surface area contributed by atoms with Crippen LogP contribution in [0.1, 0.15) is 52.9 Å². The molecule has 136 valence electrons. The Bertz CT molecular complexity index is 525. The number of amides is 2. The first-order chi connectivity index (χ1) is 11.1. The van der Waals surface area contributed by atoms with Gasteiger partial charge in [0.2, 0.25) is 0 Å². The van der Waals surface area contributed by atoms with Crippen molar-refractivity contribution in [1.29, 1.82) is 0 Å². The van der Waals surface area contributed by atoms with Gasteiger partial charge in [0, 0.05) is 25.7 Å². The number of hydrogen-bond donors (Lipinski definition) is 0. The van der Waals surface area contributed by atoms with Crippen LogP contribution >= 0.6 is 0 Å². The molecule has 2 heterocycles. The number of piperidine rings is 1. The molecule has 3 fully saturated rings. The van der Waals surface area contributed by atoms with E-state index in [1.165, 1.54) is 0 Å². The number of fused-ring (bicyclic) bond motifs is 2. The van der Waals surface area contributed by atoms with Crippen molar-refractivity contribution in [2.75, 3.05) is 33.7 Å². The van der Waals surface area contributed by atoms with Crippen LogP contribution in [0.2, 0.25) is 0 Å². The van der Waals surface area contributed by atoms with Gasteiger partial charge in [-0.3, -0.25) is 9.59 Å². The fraction of sp³-hybridized carbons (Fsp3) is 0.895. The van der Waals surface area contributed by atoms with Gasteiger partial charge in [0.05, 0.1) is 0 Å². The molecule has 5 nitrogen and oxygen atoms in total. The molecule has 0 aromatic rings. The Morgan fingerprint density at radius 1 is 1.08 bits per heavy atom. The van der Waals surface area contributed by atoms with Gasteiger partial charge >= 0.3 is 11.8 Å². The predicted molar refractivity (Wildman–Crippen MR) is 94.5 cm³/mol. The molecule has 2 unspecified atom stereocenters. The summed E-state index contributed by atoms with van der Waals surface area (Å²) in [6, 6.07) is 0.438.